The number of aromatic nitrogens is 1. The highest BCUT2D eigenvalue weighted by atomic mass is 35.5. The smallest absolute Gasteiger partial charge is 0.272 e. The monoisotopic (exact) mass is 390 g/mol. The molecular formula is C19H13Cl2FN2O2. The van der Waals surface area contributed by atoms with Crippen LogP contribution in [0.25, 0.3) is 0 Å². The fourth-order valence-electron chi connectivity index (χ4n) is 2.53. The van der Waals surface area contributed by atoms with Crippen molar-refractivity contribution in [3.05, 3.63) is 94.0 Å². The summed E-state index contributed by atoms with van der Waals surface area (Å²) in [6.07, 6.45) is 0.994. The van der Waals surface area contributed by atoms with Crippen molar-refractivity contribution in [1.82, 2.24) is 4.98 Å². The quantitative estimate of drug-likeness (QED) is 0.704. The first kappa shape index (κ1) is 18.2. The van der Waals surface area contributed by atoms with Gasteiger partial charge in [-0.25, -0.2) is 4.39 Å². The number of benzene rings is 2. The molecule has 4 nitrogen and oxygen atoms in total. The van der Waals surface area contributed by atoms with Gasteiger partial charge in [0.1, 0.15) is 11.6 Å². The number of ether oxygens (including phenoxy) is 1. The van der Waals surface area contributed by atoms with Gasteiger partial charge in [-0.1, -0.05) is 35.3 Å². The Morgan fingerprint density at radius 1 is 0.962 bits per heavy atom. The predicted octanol–water partition coefficient (Wildman–Crippen LogP) is 4.34. The molecule has 1 heterocycles. The molecule has 0 saturated carbocycles. The van der Waals surface area contributed by atoms with Gasteiger partial charge in [0.25, 0.3) is 11.5 Å². The SMILES string of the molecule is NC(=O)C(Oc1ccc(Cl)cc1)(c1ccc(Cl)cc1)c1ccc(F)cn1. The molecular weight excluding hydrogens is 378 g/mol. The van der Waals surface area contributed by atoms with Crippen molar-refractivity contribution in [2.24, 2.45) is 5.73 Å². The van der Waals surface area contributed by atoms with Crippen LogP contribution in [0.4, 0.5) is 4.39 Å². The standard InChI is InChI=1S/C19H13Cl2FN2O2/c20-13-3-1-12(2-4-13)19(18(23)25,17-10-7-15(22)11-24-17)26-16-8-5-14(21)6-9-16/h1-11H,(H2,23,25). The topological polar surface area (TPSA) is 65.2 Å². The summed E-state index contributed by atoms with van der Waals surface area (Å²) in [5.74, 6) is -1.02. The number of primary amides is 1. The second kappa shape index (κ2) is 7.32. The van der Waals surface area contributed by atoms with E-state index in [1.807, 2.05) is 0 Å². The molecule has 3 aromatic rings. The fraction of sp³-hybridized carbons (Fsp3) is 0.0526. The Labute approximate surface area is 159 Å². The first-order chi connectivity index (χ1) is 12.4. The summed E-state index contributed by atoms with van der Waals surface area (Å²) in [6, 6.07) is 15.4. The van der Waals surface area contributed by atoms with Crippen LogP contribution < -0.4 is 10.5 Å². The molecule has 0 aliphatic heterocycles. The second-order valence-corrected chi connectivity index (χ2v) is 6.34. The maximum Gasteiger partial charge on any atom is 0.272 e. The zero-order valence-corrected chi connectivity index (χ0v) is 14.8. The highest BCUT2D eigenvalue weighted by molar-refractivity contribution is 6.30. The van der Waals surface area contributed by atoms with E-state index in [4.69, 9.17) is 33.7 Å². The molecule has 2 N–H and O–H groups in total. The van der Waals surface area contributed by atoms with E-state index in [0.717, 1.165) is 6.20 Å². The molecule has 0 radical (unpaired) electrons. The van der Waals surface area contributed by atoms with E-state index in [2.05, 4.69) is 4.98 Å². The third-order valence-electron chi connectivity index (χ3n) is 3.77. The summed E-state index contributed by atoms with van der Waals surface area (Å²) in [7, 11) is 0. The number of hydrogen-bond donors (Lipinski definition) is 1. The highest BCUT2D eigenvalue weighted by Gasteiger charge is 2.45. The molecule has 3 rings (SSSR count). The van der Waals surface area contributed by atoms with E-state index in [1.54, 1.807) is 48.5 Å². The normalized spacial score (nSPS) is 13.0. The number of rotatable bonds is 5. The van der Waals surface area contributed by atoms with Gasteiger partial charge in [-0.15, -0.1) is 0 Å². The Morgan fingerprint density at radius 2 is 1.54 bits per heavy atom. The first-order valence-electron chi connectivity index (χ1n) is 7.54. The number of nitrogens with two attached hydrogens (primary N) is 1. The van der Waals surface area contributed by atoms with Gasteiger partial charge in [-0.2, -0.15) is 0 Å². The van der Waals surface area contributed by atoms with Crippen LogP contribution in [-0.2, 0) is 10.4 Å². The van der Waals surface area contributed by atoms with Crippen LogP contribution in [0.15, 0.2) is 66.9 Å². The van der Waals surface area contributed by atoms with Gasteiger partial charge in [-0.3, -0.25) is 9.78 Å². The van der Waals surface area contributed by atoms with Crippen LogP contribution in [0, 0.1) is 5.82 Å². The van der Waals surface area contributed by atoms with Crippen molar-refractivity contribution in [2.45, 2.75) is 5.60 Å². The van der Waals surface area contributed by atoms with Crippen LogP contribution in [0.5, 0.6) is 5.75 Å². The van der Waals surface area contributed by atoms with Gasteiger partial charge in [0.15, 0.2) is 0 Å². The summed E-state index contributed by atoms with van der Waals surface area (Å²) in [6.45, 7) is 0. The molecule has 0 spiro atoms. The second-order valence-electron chi connectivity index (χ2n) is 5.47. The summed E-state index contributed by atoms with van der Waals surface area (Å²) < 4.78 is 19.4. The van der Waals surface area contributed by atoms with E-state index in [1.165, 1.54) is 12.1 Å². The minimum Gasteiger partial charge on any atom is -0.466 e. The van der Waals surface area contributed by atoms with Crippen molar-refractivity contribution in [2.75, 3.05) is 0 Å². The molecule has 0 aliphatic carbocycles. The Morgan fingerprint density at radius 3 is 2.04 bits per heavy atom. The molecule has 1 aromatic heterocycles. The zero-order valence-electron chi connectivity index (χ0n) is 13.3. The van der Waals surface area contributed by atoms with Gasteiger partial charge in [-0.05, 0) is 48.5 Å². The summed E-state index contributed by atoms with van der Waals surface area (Å²) in [5, 5.41) is 0.985. The van der Waals surface area contributed by atoms with Crippen molar-refractivity contribution < 1.29 is 13.9 Å². The maximum atomic E-state index is 13.4. The van der Waals surface area contributed by atoms with Crippen LogP contribution >= 0.6 is 23.2 Å². The number of amides is 1. The molecule has 132 valence electrons. The third kappa shape index (κ3) is 3.49. The molecule has 7 heteroatoms. The van der Waals surface area contributed by atoms with Crippen molar-refractivity contribution in [3.63, 3.8) is 0 Å². The van der Waals surface area contributed by atoms with Gasteiger partial charge in [0, 0.05) is 15.6 Å². The van der Waals surface area contributed by atoms with E-state index in [0.29, 0.717) is 21.4 Å². The average Bonchev–Trinajstić information content (AvgIpc) is 2.63. The molecule has 0 bridgehead atoms. The van der Waals surface area contributed by atoms with E-state index in [9.17, 15) is 9.18 Å². The summed E-state index contributed by atoms with van der Waals surface area (Å²) in [5.41, 5.74) is 4.51. The fourth-order valence-corrected chi connectivity index (χ4v) is 2.78. The molecule has 0 fully saturated rings. The summed E-state index contributed by atoms with van der Waals surface area (Å²) in [4.78, 5) is 16.6. The molecule has 1 amide bonds. The first-order valence-corrected chi connectivity index (χ1v) is 8.30. The van der Waals surface area contributed by atoms with Crippen LogP contribution in [0.1, 0.15) is 11.3 Å². The lowest BCUT2D eigenvalue weighted by Gasteiger charge is -2.31. The molecule has 1 atom stereocenters. The molecule has 2 aromatic carbocycles. The Bertz CT molecular complexity index is 868. The predicted molar refractivity (Wildman–Crippen MR) is 97.7 cm³/mol. The average molecular weight is 391 g/mol. The van der Waals surface area contributed by atoms with E-state index >= 15 is 0 Å². The molecule has 0 saturated heterocycles. The highest BCUT2D eigenvalue weighted by Crippen LogP contribution is 2.35. The zero-order chi connectivity index (χ0) is 18.7. The van der Waals surface area contributed by atoms with Crippen LogP contribution in [-0.4, -0.2) is 10.9 Å². The number of pyridine rings is 1. The summed E-state index contributed by atoms with van der Waals surface area (Å²) >= 11 is 11.8. The van der Waals surface area contributed by atoms with Gasteiger partial charge in [0.05, 0.1) is 11.9 Å². The van der Waals surface area contributed by atoms with Crippen molar-refractivity contribution in [1.29, 1.82) is 0 Å². The van der Waals surface area contributed by atoms with Gasteiger partial charge in [0.2, 0.25) is 0 Å². The Kier molecular flexibility index (Phi) is 5.11. The number of carbonyl (C=O) groups is 1. The third-order valence-corrected chi connectivity index (χ3v) is 4.27. The van der Waals surface area contributed by atoms with Crippen molar-refractivity contribution >= 4 is 29.1 Å². The lowest BCUT2D eigenvalue weighted by molar-refractivity contribution is -0.131. The van der Waals surface area contributed by atoms with Crippen LogP contribution in [0.3, 0.4) is 0 Å². The number of hydrogen-bond acceptors (Lipinski definition) is 3. The number of nitrogens with zero attached hydrogens (tertiary/aromatic N) is 1. The molecule has 1 unspecified atom stereocenters. The molecule has 26 heavy (non-hydrogen) atoms. The maximum absolute atomic E-state index is 13.4. The van der Waals surface area contributed by atoms with E-state index < -0.39 is 17.3 Å². The minimum absolute atomic E-state index is 0.142. The number of carbonyl (C=O) groups excluding carboxylic acids is 1. The largest absolute Gasteiger partial charge is 0.466 e. The Balaban J connectivity index is 2.20. The van der Waals surface area contributed by atoms with E-state index in [-0.39, 0.29) is 5.69 Å². The molecule has 0 aliphatic rings. The van der Waals surface area contributed by atoms with Gasteiger partial charge < -0.3 is 10.5 Å². The van der Waals surface area contributed by atoms with Crippen molar-refractivity contribution in [3.8, 4) is 5.75 Å². The lowest BCUT2D eigenvalue weighted by atomic mass is 9.88. The minimum atomic E-state index is -1.77. The Hall–Kier alpha value is -2.63. The lowest BCUT2D eigenvalue weighted by Crippen LogP contribution is -2.48. The van der Waals surface area contributed by atoms with Gasteiger partial charge >= 0.3 is 0 Å². The van der Waals surface area contributed by atoms with Crippen LogP contribution in [0.2, 0.25) is 10.0 Å². The number of halogens is 3.